The van der Waals surface area contributed by atoms with Crippen molar-refractivity contribution in [1.29, 1.82) is 0 Å². The Morgan fingerprint density at radius 2 is 2.05 bits per heavy atom. The molecule has 0 aliphatic heterocycles. The number of nitrogens with one attached hydrogen (secondary N) is 1. The standard InChI is InChI=1S/C15H23N3O3/c1-5-21-15(20)11-7-6-8-12(14(11)16)18(4)9-13(19)17-10(2)3/h6-8,10H,5,9,16H2,1-4H3,(H,17,19). The quantitative estimate of drug-likeness (QED) is 0.612. The number of benzene rings is 1. The fraction of sp³-hybridized carbons (Fsp3) is 0.467. The van der Waals surface area contributed by atoms with E-state index in [1.807, 2.05) is 13.8 Å². The molecule has 1 aromatic carbocycles. The summed E-state index contributed by atoms with van der Waals surface area (Å²) in [6.45, 7) is 5.98. The highest BCUT2D eigenvalue weighted by molar-refractivity contribution is 5.99. The van der Waals surface area contributed by atoms with E-state index in [0.717, 1.165) is 0 Å². The summed E-state index contributed by atoms with van der Waals surface area (Å²) in [5.41, 5.74) is 7.27. The van der Waals surface area contributed by atoms with Crippen LogP contribution in [0, 0.1) is 0 Å². The molecule has 6 nitrogen and oxygen atoms in total. The average Bonchev–Trinajstić information content (AvgIpc) is 2.37. The zero-order valence-electron chi connectivity index (χ0n) is 13.0. The number of anilines is 2. The Hall–Kier alpha value is -2.24. The van der Waals surface area contributed by atoms with Gasteiger partial charge in [-0.15, -0.1) is 0 Å². The maximum Gasteiger partial charge on any atom is 0.340 e. The van der Waals surface area contributed by atoms with E-state index in [-0.39, 0.29) is 25.1 Å². The Labute approximate surface area is 125 Å². The molecular weight excluding hydrogens is 270 g/mol. The molecule has 1 amide bonds. The summed E-state index contributed by atoms with van der Waals surface area (Å²) < 4.78 is 4.96. The monoisotopic (exact) mass is 293 g/mol. The molecule has 0 bridgehead atoms. The van der Waals surface area contributed by atoms with Crippen LogP contribution < -0.4 is 16.0 Å². The summed E-state index contributed by atoms with van der Waals surface area (Å²) >= 11 is 0. The van der Waals surface area contributed by atoms with Gasteiger partial charge in [-0.3, -0.25) is 4.79 Å². The van der Waals surface area contributed by atoms with Gasteiger partial charge in [0.15, 0.2) is 0 Å². The second kappa shape index (κ2) is 7.52. The number of para-hydroxylation sites is 1. The Balaban J connectivity index is 2.90. The van der Waals surface area contributed by atoms with E-state index in [1.54, 1.807) is 37.1 Å². The van der Waals surface area contributed by atoms with Crippen LogP contribution in [0.3, 0.4) is 0 Å². The highest BCUT2D eigenvalue weighted by Gasteiger charge is 2.17. The van der Waals surface area contributed by atoms with Gasteiger partial charge < -0.3 is 20.7 Å². The van der Waals surface area contributed by atoms with Crippen molar-refractivity contribution in [2.45, 2.75) is 26.8 Å². The van der Waals surface area contributed by atoms with E-state index in [1.165, 1.54) is 0 Å². The molecule has 0 saturated heterocycles. The van der Waals surface area contributed by atoms with E-state index in [0.29, 0.717) is 16.9 Å². The van der Waals surface area contributed by atoms with Crippen molar-refractivity contribution in [2.24, 2.45) is 0 Å². The fourth-order valence-corrected chi connectivity index (χ4v) is 1.94. The van der Waals surface area contributed by atoms with Crippen molar-refractivity contribution in [1.82, 2.24) is 5.32 Å². The Morgan fingerprint density at radius 1 is 1.38 bits per heavy atom. The van der Waals surface area contributed by atoms with Gasteiger partial charge in [0.1, 0.15) is 0 Å². The van der Waals surface area contributed by atoms with Crippen molar-refractivity contribution in [2.75, 3.05) is 30.8 Å². The number of nitrogens with two attached hydrogens (primary N) is 1. The number of likely N-dealkylation sites (N-methyl/N-ethyl adjacent to an activating group) is 1. The summed E-state index contributed by atoms with van der Waals surface area (Å²) in [5.74, 6) is -0.565. The van der Waals surface area contributed by atoms with Gasteiger partial charge in [0, 0.05) is 13.1 Å². The summed E-state index contributed by atoms with van der Waals surface area (Å²) in [5, 5.41) is 2.81. The van der Waals surface area contributed by atoms with Gasteiger partial charge in [-0.2, -0.15) is 0 Å². The number of esters is 1. The minimum atomic E-state index is -0.461. The molecule has 0 saturated carbocycles. The van der Waals surface area contributed by atoms with Gasteiger partial charge in [0.2, 0.25) is 5.91 Å². The van der Waals surface area contributed by atoms with Crippen LogP contribution in [-0.2, 0) is 9.53 Å². The lowest BCUT2D eigenvalue weighted by Gasteiger charge is -2.22. The fourth-order valence-electron chi connectivity index (χ4n) is 1.94. The van der Waals surface area contributed by atoms with Crippen LogP contribution in [0.25, 0.3) is 0 Å². The van der Waals surface area contributed by atoms with Crippen LogP contribution in [0.1, 0.15) is 31.1 Å². The SMILES string of the molecule is CCOC(=O)c1cccc(N(C)CC(=O)NC(C)C)c1N. The molecule has 21 heavy (non-hydrogen) atoms. The largest absolute Gasteiger partial charge is 0.462 e. The van der Waals surface area contributed by atoms with Crippen molar-refractivity contribution in [3.63, 3.8) is 0 Å². The molecule has 1 rings (SSSR count). The first kappa shape index (κ1) is 16.8. The first-order valence-electron chi connectivity index (χ1n) is 6.92. The van der Waals surface area contributed by atoms with Crippen molar-refractivity contribution < 1.29 is 14.3 Å². The Kier molecular flexibility index (Phi) is 6.02. The van der Waals surface area contributed by atoms with Crippen LogP contribution in [0.2, 0.25) is 0 Å². The lowest BCUT2D eigenvalue weighted by Crippen LogP contribution is -2.38. The van der Waals surface area contributed by atoms with Crippen molar-refractivity contribution in [3.8, 4) is 0 Å². The molecule has 0 radical (unpaired) electrons. The van der Waals surface area contributed by atoms with E-state index in [2.05, 4.69) is 5.32 Å². The second-order valence-electron chi connectivity index (χ2n) is 5.04. The minimum absolute atomic E-state index is 0.0779. The van der Waals surface area contributed by atoms with Crippen molar-refractivity contribution in [3.05, 3.63) is 23.8 Å². The number of ether oxygens (including phenoxy) is 1. The van der Waals surface area contributed by atoms with Gasteiger partial charge in [-0.1, -0.05) is 6.07 Å². The molecule has 116 valence electrons. The summed E-state index contributed by atoms with van der Waals surface area (Å²) in [6, 6.07) is 5.17. The maximum absolute atomic E-state index is 11.8. The second-order valence-corrected chi connectivity index (χ2v) is 5.04. The van der Waals surface area contributed by atoms with Gasteiger partial charge >= 0.3 is 5.97 Å². The lowest BCUT2D eigenvalue weighted by atomic mass is 10.1. The predicted molar refractivity (Wildman–Crippen MR) is 83.4 cm³/mol. The third-order valence-corrected chi connectivity index (χ3v) is 2.82. The van der Waals surface area contributed by atoms with E-state index < -0.39 is 5.97 Å². The van der Waals surface area contributed by atoms with Gasteiger partial charge in [-0.05, 0) is 32.9 Å². The summed E-state index contributed by atoms with van der Waals surface area (Å²) in [4.78, 5) is 25.3. The summed E-state index contributed by atoms with van der Waals surface area (Å²) in [7, 11) is 1.75. The molecule has 0 unspecified atom stereocenters. The molecule has 0 spiro atoms. The van der Waals surface area contributed by atoms with Crippen LogP contribution in [0.5, 0.6) is 0 Å². The Bertz CT molecular complexity index is 515. The van der Waals surface area contributed by atoms with E-state index in [4.69, 9.17) is 10.5 Å². The average molecular weight is 293 g/mol. The highest BCUT2D eigenvalue weighted by Crippen LogP contribution is 2.26. The first-order chi connectivity index (χ1) is 9.86. The molecule has 1 aromatic rings. The number of carbonyl (C=O) groups is 2. The van der Waals surface area contributed by atoms with Gasteiger partial charge in [0.05, 0.1) is 30.1 Å². The smallest absolute Gasteiger partial charge is 0.340 e. The van der Waals surface area contributed by atoms with Crippen LogP contribution in [0.15, 0.2) is 18.2 Å². The lowest BCUT2D eigenvalue weighted by molar-refractivity contribution is -0.120. The number of nitrogens with zero attached hydrogens (tertiary/aromatic N) is 1. The molecule has 0 aliphatic rings. The first-order valence-corrected chi connectivity index (χ1v) is 6.92. The maximum atomic E-state index is 11.8. The van der Waals surface area contributed by atoms with Crippen molar-refractivity contribution >= 4 is 23.3 Å². The molecule has 0 aliphatic carbocycles. The van der Waals surface area contributed by atoms with Gasteiger partial charge in [0.25, 0.3) is 0 Å². The molecular formula is C15H23N3O3. The molecule has 0 heterocycles. The minimum Gasteiger partial charge on any atom is -0.462 e. The Morgan fingerprint density at radius 3 is 2.62 bits per heavy atom. The van der Waals surface area contributed by atoms with Crippen LogP contribution in [-0.4, -0.2) is 38.1 Å². The zero-order valence-corrected chi connectivity index (χ0v) is 13.0. The number of hydrogen-bond acceptors (Lipinski definition) is 5. The summed E-state index contributed by atoms with van der Waals surface area (Å²) in [6.07, 6.45) is 0. The van der Waals surface area contributed by atoms with Crippen LogP contribution >= 0.6 is 0 Å². The topological polar surface area (TPSA) is 84.7 Å². The molecule has 3 N–H and O–H groups in total. The zero-order chi connectivity index (χ0) is 16.0. The number of amides is 1. The van der Waals surface area contributed by atoms with Gasteiger partial charge in [-0.25, -0.2) is 4.79 Å². The van der Waals surface area contributed by atoms with E-state index >= 15 is 0 Å². The molecule has 0 atom stereocenters. The predicted octanol–water partition coefficient (Wildman–Crippen LogP) is 1.41. The van der Waals surface area contributed by atoms with E-state index in [9.17, 15) is 9.59 Å². The van der Waals surface area contributed by atoms with Crippen LogP contribution in [0.4, 0.5) is 11.4 Å². The molecule has 0 fully saturated rings. The normalized spacial score (nSPS) is 10.3. The third-order valence-electron chi connectivity index (χ3n) is 2.82. The number of hydrogen-bond donors (Lipinski definition) is 2. The number of rotatable bonds is 6. The highest BCUT2D eigenvalue weighted by atomic mass is 16.5. The number of nitrogen functional groups attached to an aromatic ring is 1. The third kappa shape index (κ3) is 4.66. The molecule has 6 heteroatoms. The number of carbonyl (C=O) groups excluding carboxylic acids is 2. The molecule has 0 aromatic heterocycles.